The minimum absolute atomic E-state index is 0.332. The minimum Gasteiger partial charge on any atom is -0.310 e. The maximum Gasteiger partial charge on any atom is 0.0794 e. The van der Waals surface area contributed by atoms with E-state index in [9.17, 15) is 0 Å². The molecule has 0 bridgehead atoms. The first-order valence-corrected chi connectivity index (χ1v) is 7.21. The highest BCUT2D eigenvalue weighted by molar-refractivity contribution is 7.09. The average molecular weight is 261 g/mol. The lowest BCUT2D eigenvalue weighted by molar-refractivity contribution is 0.528. The fourth-order valence-electron chi connectivity index (χ4n) is 2.02. The molecular weight excluding hydrogens is 242 g/mol. The van der Waals surface area contributed by atoms with Crippen LogP contribution in [-0.4, -0.2) is 16.5 Å². The predicted molar refractivity (Wildman–Crippen MR) is 75.8 cm³/mol. The van der Waals surface area contributed by atoms with E-state index in [1.54, 1.807) is 11.3 Å². The van der Waals surface area contributed by atoms with E-state index in [-0.39, 0.29) is 0 Å². The summed E-state index contributed by atoms with van der Waals surface area (Å²) in [6.07, 6.45) is 5.93. The van der Waals surface area contributed by atoms with Crippen LogP contribution in [0.5, 0.6) is 0 Å². The van der Waals surface area contributed by atoms with Gasteiger partial charge in [-0.2, -0.15) is 0 Å². The Kier molecular flexibility index (Phi) is 4.84. The van der Waals surface area contributed by atoms with Gasteiger partial charge in [-0.1, -0.05) is 13.0 Å². The van der Waals surface area contributed by atoms with Crippen molar-refractivity contribution in [2.45, 2.75) is 32.7 Å². The van der Waals surface area contributed by atoms with Gasteiger partial charge in [-0.3, -0.25) is 9.97 Å². The number of hydrogen-bond donors (Lipinski definition) is 1. The molecule has 2 aromatic rings. The molecule has 1 N–H and O–H groups in total. The number of hydrogen-bond acceptors (Lipinski definition) is 4. The summed E-state index contributed by atoms with van der Waals surface area (Å²) in [4.78, 5) is 9.84. The van der Waals surface area contributed by atoms with Gasteiger partial charge in [0.05, 0.1) is 5.51 Å². The average Bonchev–Trinajstić information content (AvgIpc) is 2.88. The molecule has 0 radical (unpaired) electrons. The fourth-order valence-corrected chi connectivity index (χ4v) is 2.66. The second-order valence-corrected chi connectivity index (χ2v) is 5.33. The van der Waals surface area contributed by atoms with Gasteiger partial charge in [-0.25, -0.2) is 0 Å². The van der Waals surface area contributed by atoms with Gasteiger partial charge in [0.1, 0.15) is 0 Å². The second kappa shape index (κ2) is 6.61. The van der Waals surface area contributed by atoms with Crippen molar-refractivity contribution >= 4 is 11.3 Å². The van der Waals surface area contributed by atoms with Crippen molar-refractivity contribution < 1.29 is 0 Å². The molecule has 0 aliphatic heterocycles. The van der Waals surface area contributed by atoms with Crippen molar-refractivity contribution in [3.05, 3.63) is 46.2 Å². The summed E-state index contributed by atoms with van der Waals surface area (Å²) in [5, 5.41) is 3.60. The van der Waals surface area contributed by atoms with E-state index in [1.165, 1.54) is 10.4 Å². The molecule has 0 fully saturated rings. The van der Waals surface area contributed by atoms with Crippen LogP contribution < -0.4 is 5.32 Å². The van der Waals surface area contributed by atoms with Crippen molar-refractivity contribution in [2.75, 3.05) is 6.54 Å². The normalized spacial score (nSPS) is 12.6. The Labute approximate surface area is 112 Å². The Morgan fingerprint density at radius 2 is 2.33 bits per heavy atom. The molecule has 2 rings (SSSR count). The van der Waals surface area contributed by atoms with Gasteiger partial charge in [-0.05, 0) is 31.5 Å². The molecule has 4 heteroatoms. The van der Waals surface area contributed by atoms with Crippen molar-refractivity contribution in [1.29, 1.82) is 0 Å². The van der Waals surface area contributed by atoms with E-state index in [0.717, 1.165) is 25.1 Å². The highest BCUT2D eigenvalue weighted by Crippen LogP contribution is 2.22. The molecule has 2 aromatic heterocycles. The standard InChI is InChI=1S/C14H19N3S/c1-3-6-17-14(8-12-9-15-10-18-12)13-5-4-7-16-11(13)2/h4-5,7,9-10,14,17H,3,6,8H2,1-2H3. The van der Waals surface area contributed by atoms with Gasteiger partial charge in [0.2, 0.25) is 0 Å². The van der Waals surface area contributed by atoms with E-state index in [4.69, 9.17) is 0 Å². The summed E-state index contributed by atoms with van der Waals surface area (Å²) in [6.45, 7) is 5.29. The highest BCUT2D eigenvalue weighted by Gasteiger charge is 2.14. The number of rotatable bonds is 6. The third-order valence-corrected chi connectivity index (χ3v) is 3.75. The van der Waals surface area contributed by atoms with Crippen molar-refractivity contribution in [2.24, 2.45) is 0 Å². The van der Waals surface area contributed by atoms with E-state index in [0.29, 0.717) is 6.04 Å². The second-order valence-electron chi connectivity index (χ2n) is 4.36. The molecule has 18 heavy (non-hydrogen) atoms. The molecule has 96 valence electrons. The molecule has 0 amide bonds. The summed E-state index contributed by atoms with van der Waals surface area (Å²) < 4.78 is 0. The molecule has 0 aromatic carbocycles. The quantitative estimate of drug-likeness (QED) is 0.868. The van der Waals surface area contributed by atoms with Crippen molar-refractivity contribution in [1.82, 2.24) is 15.3 Å². The van der Waals surface area contributed by atoms with Crippen molar-refractivity contribution in [3.8, 4) is 0 Å². The topological polar surface area (TPSA) is 37.8 Å². The van der Waals surface area contributed by atoms with Gasteiger partial charge in [0, 0.05) is 35.4 Å². The molecule has 3 nitrogen and oxygen atoms in total. The number of pyridine rings is 1. The Balaban J connectivity index is 2.16. The lowest BCUT2D eigenvalue weighted by Gasteiger charge is -2.19. The number of nitrogens with one attached hydrogen (secondary N) is 1. The van der Waals surface area contributed by atoms with Crippen LogP contribution in [0, 0.1) is 6.92 Å². The van der Waals surface area contributed by atoms with Crippen LogP contribution in [0.3, 0.4) is 0 Å². The largest absolute Gasteiger partial charge is 0.310 e. The van der Waals surface area contributed by atoms with Gasteiger partial charge in [0.25, 0.3) is 0 Å². The SMILES string of the molecule is CCCNC(Cc1cncs1)c1cccnc1C. The zero-order valence-electron chi connectivity index (χ0n) is 10.9. The van der Waals surface area contributed by atoms with Crippen LogP contribution in [0.1, 0.15) is 35.5 Å². The van der Waals surface area contributed by atoms with Gasteiger partial charge in [0.15, 0.2) is 0 Å². The monoisotopic (exact) mass is 261 g/mol. The number of nitrogens with zero attached hydrogens (tertiary/aromatic N) is 2. The van der Waals surface area contributed by atoms with Gasteiger partial charge in [-0.15, -0.1) is 11.3 Å². The molecule has 1 atom stereocenters. The van der Waals surface area contributed by atoms with E-state index >= 15 is 0 Å². The first-order chi connectivity index (χ1) is 8.81. The van der Waals surface area contributed by atoms with Gasteiger partial charge < -0.3 is 5.32 Å². The molecule has 2 heterocycles. The van der Waals surface area contributed by atoms with Gasteiger partial charge >= 0.3 is 0 Å². The predicted octanol–water partition coefficient (Wildman–Crippen LogP) is 3.13. The molecule has 0 saturated carbocycles. The Morgan fingerprint density at radius 3 is 3.00 bits per heavy atom. The Hall–Kier alpha value is -1.26. The van der Waals surface area contributed by atoms with Crippen LogP contribution in [-0.2, 0) is 6.42 Å². The van der Waals surface area contributed by atoms with E-state index in [1.807, 2.05) is 24.0 Å². The molecule has 1 unspecified atom stereocenters. The number of thiazole rings is 1. The smallest absolute Gasteiger partial charge is 0.0794 e. The molecule has 0 saturated heterocycles. The summed E-state index contributed by atoms with van der Waals surface area (Å²) in [7, 11) is 0. The van der Waals surface area contributed by atoms with Crippen LogP contribution in [0.25, 0.3) is 0 Å². The first kappa shape index (κ1) is 13.2. The van der Waals surface area contributed by atoms with E-state index in [2.05, 4.69) is 35.2 Å². The lowest BCUT2D eigenvalue weighted by Crippen LogP contribution is -2.24. The van der Waals surface area contributed by atoms with Crippen molar-refractivity contribution in [3.63, 3.8) is 0 Å². The zero-order chi connectivity index (χ0) is 12.8. The van der Waals surface area contributed by atoms with Crippen LogP contribution in [0.4, 0.5) is 0 Å². The summed E-state index contributed by atoms with van der Waals surface area (Å²) in [5.74, 6) is 0. The minimum atomic E-state index is 0.332. The molecule has 0 aliphatic carbocycles. The number of aromatic nitrogens is 2. The van der Waals surface area contributed by atoms with E-state index < -0.39 is 0 Å². The third kappa shape index (κ3) is 3.37. The lowest BCUT2D eigenvalue weighted by atomic mass is 10.0. The Morgan fingerprint density at radius 1 is 1.44 bits per heavy atom. The van der Waals surface area contributed by atoms with Crippen LogP contribution in [0.2, 0.25) is 0 Å². The molecule has 0 spiro atoms. The van der Waals surface area contributed by atoms with Crippen LogP contribution >= 0.6 is 11.3 Å². The zero-order valence-corrected chi connectivity index (χ0v) is 11.7. The summed E-state index contributed by atoms with van der Waals surface area (Å²) >= 11 is 1.71. The Bertz CT molecular complexity index is 468. The summed E-state index contributed by atoms with van der Waals surface area (Å²) in [5.41, 5.74) is 4.29. The first-order valence-electron chi connectivity index (χ1n) is 6.33. The molecular formula is C14H19N3S. The number of aryl methyl sites for hydroxylation is 1. The highest BCUT2D eigenvalue weighted by atomic mass is 32.1. The van der Waals surface area contributed by atoms with Crippen LogP contribution in [0.15, 0.2) is 30.0 Å². The summed E-state index contributed by atoms with van der Waals surface area (Å²) in [6, 6.07) is 4.51. The fraction of sp³-hybridized carbons (Fsp3) is 0.429. The third-order valence-electron chi connectivity index (χ3n) is 2.95. The maximum atomic E-state index is 4.39. The molecule has 0 aliphatic rings. The maximum absolute atomic E-state index is 4.39.